The molecule has 1 N–H and O–H groups in total. The van der Waals surface area contributed by atoms with Crippen molar-refractivity contribution in [2.75, 3.05) is 6.26 Å². The van der Waals surface area contributed by atoms with Crippen LogP contribution in [0, 0.1) is 6.92 Å². The van der Waals surface area contributed by atoms with Gasteiger partial charge in [-0.05, 0) is 19.2 Å². The summed E-state index contributed by atoms with van der Waals surface area (Å²) in [6.07, 6.45) is 3.50. The Kier molecular flexibility index (Phi) is 2.15. The summed E-state index contributed by atoms with van der Waals surface area (Å²) in [7, 11) is 0. The highest BCUT2D eigenvalue weighted by atomic mass is 32.2. The molecular formula is C10H9N5OS. The van der Waals surface area contributed by atoms with Gasteiger partial charge in [0.15, 0.2) is 0 Å². The highest BCUT2D eigenvalue weighted by Gasteiger charge is 2.11. The molecule has 86 valence electrons. The molecule has 0 aliphatic heterocycles. The van der Waals surface area contributed by atoms with Gasteiger partial charge >= 0.3 is 0 Å². The van der Waals surface area contributed by atoms with Crippen LogP contribution in [0.5, 0.6) is 0 Å². The van der Waals surface area contributed by atoms with E-state index in [-0.39, 0.29) is 5.56 Å². The quantitative estimate of drug-likeness (QED) is 0.649. The van der Waals surface area contributed by atoms with Crippen LogP contribution in [-0.4, -0.2) is 30.8 Å². The number of nitrogens with one attached hydrogen (secondary N) is 1. The monoisotopic (exact) mass is 247 g/mol. The van der Waals surface area contributed by atoms with Gasteiger partial charge in [0.05, 0.1) is 16.6 Å². The molecular weight excluding hydrogens is 238 g/mol. The van der Waals surface area contributed by atoms with E-state index < -0.39 is 0 Å². The smallest absolute Gasteiger partial charge is 0.259 e. The maximum absolute atomic E-state index is 11.8. The minimum atomic E-state index is -0.157. The molecule has 3 aromatic heterocycles. The lowest BCUT2D eigenvalue weighted by atomic mass is 10.2. The van der Waals surface area contributed by atoms with Crippen LogP contribution in [0.2, 0.25) is 0 Å². The molecule has 0 fully saturated rings. The lowest BCUT2D eigenvalue weighted by Crippen LogP contribution is -2.10. The molecule has 6 nitrogen and oxygen atoms in total. The summed E-state index contributed by atoms with van der Waals surface area (Å²) in [5.41, 5.74) is 1.23. The van der Waals surface area contributed by atoms with Crippen LogP contribution in [0.25, 0.3) is 16.7 Å². The van der Waals surface area contributed by atoms with Gasteiger partial charge in [-0.25, -0.2) is 4.98 Å². The largest absolute Gasteiger partial charge is 0.328 e. The molecule has 3 aromatic rings. The molecule has 17 heavy (non-hydrogen) atoms. The molecule has 0 atom stereocenters. The predicted molar refractivity (Wildman–Crippen MR) is 65.4 cm³/mol. The van der Waals surface area contributed by atoms with Gasteiger partial charge in [-0.3, -0.25) is 4.79 Å². The van der Waals surface area contributed by atoms with Crippen LogP contribution < -0.4 is 5.56 Å². The van der Waals surface area contributed by atoms with E-state index in [1.165, 1.54) is 11.8 Å². The third-order valence-electron chi connectivity index (χ3n) is 2.55. The zero-order valence-electron chi connectivity index (χ0n) is 9.26. The number of nitrogens with zero attached hydrogens (tertiary/aromatic N) is 4. The number of H-pyrrole nitrogens is 1. The Morgan fingerprint density at radius 2 is 2.24 bits per heavy atom. The van der Waals surface area contributed by atoms with Crippen molar-refractivity contribution < 1.29 is 0 Å². The fourth-order valence-corrected chi connectivity index (χ4v) is 2.14. The standard InChI is InChI=1S/C10H9N5OS/c1-5-7-6(3-4-11-8(7)16)15-9(12-5)13-10(14-15)17-2/h3-4H,1-2H3,(H,11,16). The predicted octanol–water partition coefficient (Wildman–Crippen LogP) is 0.996. The van der Waals surface area contributed by atoms with Crippen molar-refractivity contribution in [2.24, 2.45) is 0 Å². The molecule has 0 aromatic carbocycles. The lowest BCUT2D eigenvalue weighted by molar-refractivity contribution is 0.906. The Morgan fingerprint density at radius 1 is 1.41 bits per heavy atom. The van der Waals surface area contributed by atoms with E-state index in [9.17, 15) is 4.79 Å². The first kappa shape index (κ1) is 10.3. The van der Waals surface area contributed by atoms with E-state index in [0.29, 0.717) is 22.0 Å². The van der Waals surface area contributed by atoms with E-state index in [4.69, 9.17) is 0 Å². The minimum Gasteiger partial charge on any atom is -0.328 e. The van der Waals surface area contributed by atoms with Gasteiger partial charge in [0.2, 0.25) is 5.16 Å². The second-order valence-corrected chi connectivity index (χ2v) is 4.35. The maximum atomic E-state index is 11.8. The number of fused-ring (bicyclic) bond motifs is 3. The zero-order chi connectivity index (χ0) is 12.0. The fourth-order valence-electron chi connectivity index (χ4n) is 1.81. The van der Waals surface area contributed by atoms with E-state index in [1.54, 1.807) is 23.7 Å². The molecule has 0 saturated heterocycles. The van der Waals surface area contributed by atoms with Crippen LogP contribution in [0.15, 0.2) is 22.2 Å². The van der Waals surface area contributed by atoms with Gasteiger partial charge in [0, 0.05) is 6.20 Å². The molecule has 0 unspecified atom stereocenters. The topological polar surface area (TPSA) is 75.9 Å². The van der Waals surface area contributed by atoms with Crippen LogP contribution >= 0.6 is 11.8 Å². The summed E-state index contributed by atoms with van der Waals surface area (Å²) in [6.45, 7) is 1.80. The molecule has 3 heterocycles. The minimum absolute atomic E-state index is 0.157. The van der Waals surface area contributed by atoms with E-state index >= 15 is 0 Å². The van der Waals surface area contributed by atoms with Crippen LogP contribution in [0.1, 0.15) is 5.69 Å². The fraction of sp³-hybridized carbons (Fsp3) is 0.200. The maximum Gasteiger partial charge on any atom is 0.259 e. The molecule has 7 heteroatoms. The normalized spacial score (nSPS) is 11.4. The Hall–Kier alpha value is -1.89. The van der Waals surface area contributed by atoms with E-state index in [0.717, 1.165) is 5.52 Å². The van der Waals surface area contributed by atoms with Gasteiger partial charge in [-0.15, -0.1) is 5.10 Å². The van der Waals surface area contributed by atoms with Crippen LogP contribution in [-0.2, 0) is 0 Å². The molecule has 0 aliphatic carbocycles. The molecule has 3 rings (SSSR count). The molecule has 0 radical (unpaired) electrons. The number of hydrogen-bond acceptors (Lipinski definition) is 5. The zero-order valence-corrected chi connectivity index (χ0v) is 10.1. The van der Waals surface area contributed by atoms with Gasteiger partial charge in [-0.2, -0.15) is 9.50 Å². The first-order chi connectivity index (χ1) is 8.20. The summed E-state index contributed by atoms with van der Waals surface area (Å²) in [5, 5.41) is 5.49. The number of hydrogen-bond donors (Lipinski definition) is 1. The number of rotatable bonds is 1. The lowest BCUT2D eigenvalue weighted by Gasteiger charge is -2.01. The first-order valence-electron chi connectivity index (χ1n) is 4.99. The van der Waals surface area contributed by atoms with Crippen molar-refractivity contribution in [3.8, 4) is 0 Å². The van der Waals surface area contributed by atoms with Crippen molar-refractivity contribution in [2.45, 2.75) is 12.1 Å². The summed E-state index contributed by atoms with van der Waals surface area (Å²) < 4.78 is 1.60. The van der Waals surface area contributed by atoms with Gasteiger partial charge in [0.25, 0.3) is 11.3 Å². The molecule has 0 bridgehead atoms. The third kappa shape index (κ3) is 1.42. The molecule has 0 aliphatic rings. The Morgan fingerprint density at radius 3 is 3.00 bits per heavy atom. The summed E-state index contributed by atoms with van der Waals surface area (Å²) in [4.78, 5) is 22.9. The van der Waals surface area contributed by atoms with Gasteiger partial charge in [0.1, 0.15) is 0 Å². The highest BCUT2D eigenvalue weighted by molar-refractivity contribution is 7.98. The molecule has 0 saturated carbocycles. The van der Waals surface area contributed by atoms with Gasteiger partial charge in [-0.1, -0.05) is 11.8 Å². The number of aryl methyl sites for hydroxylation is 1. The van der Waals surface area contributed by atoms with E-state index in [2.05, 4.69) is 20.1 Å². The second-order valence-electron chi connectivity index (χ2n) is 3.57. The first-order valence-corrected chi connectivity index (χ1v) is 6.22. The van der Waals surface area contributed by atoms with Gasteiger partial charge < -0.3 is 4.98 Å². The second kappa shape index (κ2) is 3.56. The number of thioether (sulfide) groups is 1. The Labute approximate surface area is 100 Å². The van der Waals surface area contributed by atoms with Crippen molar-refractivity contribution in [3.05, 3.63) is 28.3 Å². The van der Waals surface area contributed by atoms with Crippen LogP contribution in [0.4, 0.5) is 0 Å². The molecule has 0 amide bonds. The third-order valence-corrected chi connectivity index (χ3v) is 3.09. The van der Waals surface area contributed by atoms with Crippen molar-refractivity contribution >= 4 is 28.4 Å². The summed E-state index contributed by atoms with van der Waals surface area (Å²) >= 11 is 1.44. The average Bonchev–Trinajstić information content (AvgIpc) is 2.72. The Bertz CT molecular complexity index is 775. The van der Waals surface area contributed by atoms with Crippen molar-refractivity contribution in [1.29, 1.82) is 0 Å². The Balaban J connectivity index is 2.58. The SMILES string of the molecule is CSc1nc2nc(C)c3c(=O)[nH]ccc3n2n1. The van der Waals surface area contributed by atoms with E-state index in [1.807, 2.05) is 6.26 Å². The summed E-state index contributed by atoms with van der Waals surface area (Å²) in [5.74, 6) is 0.518. The highest BCUT2D eigenvalue weighted by Crippen LogP contribution is 2.16. The van der Waals surface area contributed by atoms with Crippen molar-refractivity contribution in [3.63, 3.8) is 0 Å². The summed E-state index contributed by atoms with van der Waals surface area (Å²) in [6, 6.07) is 1.80. The number of aromatic amines is 1. The van der Waals surface area contributed by atoms with Crippen LogP contribution in [0.3, 0.4) is 0 Å². The van der Waals surface area contributed by atoms with Crippen molar-refractivity contribution in [1.82, 2.24) is 24.6 Å². The average molecular weight is 247 g/mol. The molecule has 0 spiro atoms. The number of aromatic nitrogens is 5. The number of pyridine rings is 1.